The van der Waals surface area contributed by atoms with Gasteiger partial charge in [-0.3, -0.25) is 4.90 Å². The van der Waals surface area contributed by atoms with Crippen molar-refractivity contribution in [3.63, 3.8) is 0 Å². The minimum Gasteiger partial charge on any atom is -0.389 e. The Morgan fingerprint density at radius 2 is 2.00 bits per heavy atom. The molecule has 0 radical (unpaired) electrons. The molecule has 0 aliphatic carbocycles. The molecule has 2 atom stereocenters. The number of rotatable bonds is 3. The lowest BCUT2D eigenvalue weighted by molar-refractivity contribution is -0.103. The summed E-state index contributed by atoms with van der Waals surface area (Å²) < 4.78 is 33.7. The normalized spacial score (nSPS) is 29.0. The molecule has 1 N–H and O–H groups in total. The zero-order valence-corrected chi connectivity index (χ0v) is 15.8. The van der Waals surface area contributed by atoms with Crippen molar-refractivity contribution in [3.8, 4) is 0 Å². The van der Waals surface area contributed by atoms with Gasteiger partial charge in [0, 0.05) is 38.6 Å². The average Bonchev–Trinajstić information content (AvgIpc) is 3.01. The maximum Gasteiger partial charge on any atom is 0.211 e. The number of fused-ring (bicyclic) bond motifs is 2. The third-order valence-electron chi connectivity index (χ3n) is 5.51. The van der Waals surface area contributed by atoms with E-state index in [1.807, 2.05) is 6.07 Å². The van der Waals surface area contributed by atoms with Gasteiger partial charge in [0.15, 0.2) is 0 Å². The lowest BCUT2D eigenvalue weighted by Gasteiger charge is -2.49. The minimum absolute atomic E-state index is 0.0469. The van der Waals surface area contributed by atoms with Crippen LogP contribution in [0.4, 0.5) is 0 Å². The Labute approximate surface area is 151 Å². The highest BCUT2D eigenvalue weighted by Gasteiger charge is 2.46. The molecular formula is C16H22N4O3S2. The predicted octanol–water partition coefficient (Wildman–Crippen LogP) is 0.910. The Bertz CT molecular complexity index is 884. The van der Waals surface area contributed by atoms with Crippen molar-refractivity contribution in [1.29, 1.82) is 0 Å². The monoisotopic (exact) mass is 382 g/mol. The van der Waals surface area contributed by atoms with Gasteiger partial charge in [0.25, 0.3) is 0 Å². The largest absolute Gasteiger partial charge is 0.389 e. The van der Waals surface area contributed by atoms with E-state index in [1.54, 1.807) is 0 Å². The predicted molar refractivity (Wildman–Crippen MR) is 96.8 cm³/mol. The van der Waals surface area contributed by atoms with Crippen LogP contribution < -0.4 is 0 Å². The Balaban J connectivity index is 1.48. The first-order valence-corrected chi connectivity index (χ1v) is 11.0. The van der Waals surface area contributed by atoms with Crippen LogP contribution in [0.1, 0.15) is 18.4 Å². The summed E-state index contributed by atoms with van der Waals surface area (Å²) in [6.07, 6.45) is 2.46. The molecule has 25 heavy (non-hydrogen) atoms. The number of hydrogen-bond acceptors (Lipinski definition) is 7. The molecule has 1 aromatic heterocycles. The second-order valence-corrected chi connectivity index (χ2v) is 9.75. The molecule has 1 aromatic carbocycles. The Hall–Kier alpha value is -1.13. The summed E-state index contributed by atoms with van der Waals surface area (Å²) in [5.41, 5.74) is 2.26. The van der Waals surface area contributed by atoms with Gasteiger partial charge in [-0.15, -0.1) is 0 Å². The first kappa shape index (κ1) is 17.3. The lowest BCUT2D eigenvalue weighted by Crippen LogP contribution is -2.60. The zero-order valence-electron chi connectivity index (χ0n) is 14.1. The summed E-state index contributed by atoms with van der Waals surface area (Å²) in [5.74, 6) is -0.0469. The van der Waals surface area contributed by atoms with Crippen LogP contribution >= 0.6 is 11.7 Å². The number of hydrogen-bond donors (Lipinski definition) is 1. The van der Waals surface area contributed by atoms with Gasteiger partial charge in [-0.1, -0.05) is 6.07 Å². The van der Waals surface area contributed by atoms with Crippen molar-refractivity contribution in [1.82, 2.24) is 18.0 Å². The van der Waals surface area contributed by atoms with Crippen molar-refractivity contribution in [2.24, 2.45) is 5.92 Å². The molecule has 0 amide bonds. The molecule has 136 valence electrons. The molecule has 7 nitrogen and oxygen atoms in total. The molecule has 2 aliphatic heterocycles. The van der Waals surface area contributed by atoms with E-state index in [0.29, 0.717) is 32.5 Å². The number of aromatic nitrogens is 2. The van der Waals surface area contributed by atoms with Crippen LogP contribution in [-0.4, -0.2) is 69.5 Å². The fraction of sp³-hybridized carbons (Fsp3) is 0.625. The van der Waals surface area contributed by atoms with E-state index in [4.69, 9.17) is 0 Å². The summed E-state index contributed by atoms with van der Waals surface area (Å²) in [5, 5.41) is 10.9. The van der Waals surface area contributed by atoms with E-state index in [1.165, 1.54) is 27.9 Å². The van der Waals surface area contributed by atoms with Crippen molar-refractivity contribution in [2.75, 3.05) is 32.4 Å². The zero-order chi connectivity index (χ0) is 17.7. The number of nitrogens with zero attached hydrogens (tertiary/aromatic N) is 4. The van der Waals surface area contributed by atoms with E-state index >= 15 is 0 Å². The number of piperidine rings is 2. The lowest BCUT2D eigenvalue weighted by atomic mass is 9.76. The maximum absolute atomic E-state index is 11.9. The smallest absolute Gasteiger partial charge is 0.211 e. The van der Waals surface area contributed by atoms with Crippen LogP contribution in [0.25, 0.3) is 11.0 Å². The highest BCUT2D eigenvalue weighted by molar-refractivity contribution is 7.88. The van der Waals surface area contributed by atoms with E-state index in [-0.39, 0.29) is 5.92 Å². The van der Waals surface area contributed by atoms with Gasteiger partial charge in [0.2, 0.25) is 10.0 Å². The van der Waals surface area contributed by atoms with Crippen LogP contribution in [0.15, 0.2) is 18.2 Å². The highest BCUT2D eigenvalue weighted by Crippen LogP contribution is 2.36. The Kier molecular flexibility index (Phi) is 4.32. The van der Waals surface area contributed by atoms with Crippen molar-refractivity contribution in [3.05, 3.63) is 23.8 Å². The van der Waals surface area contributed by atoms with Gasteiger partial charge >= 0.3 is 0 Å². The first-order valence-electron chi connectivity index (χ1n) is 8.45. The maximum atomic E-state index is 11.9. The molecule has 2 fully saturated rings. The van der Waals surface area contributed by atoms with Gasteiger partial charge in [-0.25, -0.2) is 12.7 Å². The molecule has 2 saturated heterocycles. The highest BCUT2D eigenvalue weighted by atomic mass is 32.2. The molecule has 9 heteroatoms. The molecule has 2 unspecified atom stereocenters. The Morgan fingerprint density at radius 1 is 1.24 bits per heavy atom. The van der Waals surface area contributed by atoms with Crippen LogP contribution in [-0.2, 0) is 16.6 Å². The fourth-order valence-corrected chi connectivity index (χ4v) is 5.36. The van der Waals surface area contributed by atoms with Gasteiger partial charge < -0.3 is 5.11 Å². The SMILES string of the molecule is CS(=O)(=O)N1CCC2(O)CCN(Cc3ccc4nsnc4c3)CC2C1. The van der Waals surface area contributed by atoms with Gasteiger partial charge in [-0.05, 0) is 30.5 Å². The number of aliphatic hydroxyl groups is 1. The van der Waals surface area contributed by atoms with Crippen LogP contribution in [0, 0.1) is 5.92 Å². The number of benzene rings is 1. The minimum atomic E-state index is -3.21. The van der Waals surface area contributed by atoms with Crippen LogP contribution in [0.5, 0.6) is 0 Å². The fourth-order valence-electron chi connectivity index (χ4n) is 3.97. The first-order chi connectivity index (χ1) is 11.8. The molecule has 2 aliphatic rings. The van der Waals surface area contributed by atoms with Crippen molar-refractivity contribution in [2.45, 2.75) is 25.0 Å². The topological polar surface area (TPSA) is 86.6 Å². The molecule has 0 spiro atoms. The summed E-state index contributed by atoms with van der Waals surface area (Å²) in [6.45, 7) is 3.12. The van der Waals surface area contributed by atoms with E-state index in [2.05, 4.69) is 25.8 Å². The number of likely N-dealkylation sites (tertiary alicyclic amines) is 1. The second kappa shape index (κ2) is 6.24. The summed E-state index contributed by atoms with van der Waals surface area (Å²) in [7, 11) is -3.21. The van der Waals surface area contributed by atoms with Gasteiger partial charge in [0.05, 0.1) is 23.6 Å². The van der Waals surface area contributed by atoms with Gasteiger partial charge in [-0.2, -0.15) is 8.75 Å². The van der Waals surface area contributed by atoms with Crippen molar-refractivity contribution < 1.29 is 13.5 Å². The molecule has 2 aromatic rings. The summed E-state index contributed by atoms with van der Waals surface area (Å²) in [4.78, 5) is 2.30. The van der Waals surface area contributed by atoms with Crippen LogP contribution in [0.3, 0.4) is 0 Å². The third-order valence-corrected chi connectivity index (χ3v) is 7.34. The molecule has 3 heterocycles. The standard InChI is InChI=1S/C16H22N4O3S2/c1-25(22,23)20-7-5-16(21)4-6-19(10-13(16)11-20)9-12-2-3-14-15(8-12)18-24-17-14/h2-3,8,13,21H,4-7,9-11H2,1H3. The second-order valence-electron chi connectivity index (χ2n) is 7.24. The Morgan fingerprint density at radius 3 is 2.80 bits per heavy atom. The third kappa shape index (κ3) is 3.43. The van der Waals surface area contributed by atoms with E-state index < -0.39 is 15.6 Å². The van der Waals surface area contributed by atoms with Crippen LogP contribution in [0.2, 0.25) is 0 Å². The quantitative estimate of drug-likeness (QED) is 0.849. The molecule has 4 rings (SSSR count). The average molecular weight is 383 g/mol. The van der Waals surface area contributed by atoms with E-state index in [9.17, 15) is 13.5 Å². The molecule has 0 bridgehead atoms. The van der Waals surface area contributed by atoms with Gasteiger partial charge in [0.1, 0.15) is 11.0 Å². The summed E-state index contributed by atoms with van der Waals surface area (Å²) >= 11 is 1.22. The molecule has 0 saturated carbocycles. The number of sulfonamides is 1. The molecular weight excluding hydrogens is 360 g/mol. The van der Waals surface area contributed by atoms with E-state index in [0.717, 1.165) is 24.1 Å². The summed E-state index contributed by atoms with van der Waals surface area (Å²) in [6, 6.07) is 6.11. The van der Waals surface area contributed by atoms with Crippen molar-refractivity contribution >= 4 is 32.8 Å².